The van der Waals surface area contributed by atoms with Gasteiger partial charge in [0.05, 0.1) is 11.4 Å². The van der Waals surface area contributed by atoms with E-state index in [1.54, 1.807) is 17.4 Å². The summed E-state index contributed by atoms with van der Waals surface area (Å²) in [5.74, 6) is -0.113. The van der Waals surface area contributed by atoms with Crippen LogP contribution in [0.2, 0.25) is 0 Å². The Morgan fingerprint density at radius 1 is 1.44 bits per heavy atom. The van der Waals surface area contributed by atoms with Crippen LogP contribution in [-0.4, -0.2) is 22.2 Å². The average molecular weight is 263 g/mol. The standard InChI is InChI=1S/C12H13N3O2S/c1-9(16)13-6-7-15-12(17)5-4-10(14-15)11-3-2-8-18-11/h2-5,8H,6-7H2,1H3,(H,13,16). The lowest BCUT2D eigenvalue weighted by Crippen LogP contribution is -2.30. The summed E-state index contributed by atoms with van der Waals surface area (Å²) in [5, 5.41) is 8.88. The third-order valence-electron chi connectivity index (χ3n) is 2.34. The molecule has 18 heavy (non-hydrogen) atoms. The summed E-state index contributed by atoms with van der Waals surface area (Å²) in [6, 6.07) is 7.10. The molecular formula is C12H13N3O2S. The van der Waals surface area contributed by atoms with E-state index >= 15 is 0 Å². The third-order valence-corrected chi connectivity index (χ3v) is 3.23. The van der Waals surface area contributed by atoms with Gasteiger partial charge in [-0.05, 0) is 17.5 Å². The second-order valence-electron chi connectivity index (χ2n) is 3.74. The molecule has 2 rings (SSSR count). The number of carbonyl (C=O) groups is 1. The molecule has 6 heteroatoms. The predicted octanol–water partition coefficient (Wildman–Crippen LogP) is 1.11. The molecule has 0 unspecified atom stereocenters. The van der Waals surface area contributed by atoms with Gasteiger partial charge in [-0.1, -0.05) is 6.07 Å². The fraction of sp³-hybridized carbons (Fsp3) is 0.250. The molecule has 0 saturated carbocycles. The van der Waals surface area contributed by atoms with E-state index in [9.17, 15) is 9.59 Å². The Morgan fingerprint density at radius 2 is 2.28 bits per heavy atom. The lowest BCUT2D eigenvalue weighted by molar-refractivity contribution is -0.118. The molecule has 0 bridgehead atoms. The Balaban J connectivity index is 2.17. The maximum Gasteiger partial charge on any atom is 0.266 e. The molecule has 1 amide bonds. The number of carbonyl (C=O) groups excluding carboxylic acids is 1. The zero-order valence-electron chi connectivity index (χ0n) is 9.92. The molecule has 0 aromatic carbocycles. The molecule has 2 aromatic rings. The Morgan fingerprint density at radius 3 is 2.94 bits per heavy atom. The fourth-order valence-corrected chi connectivity index (χ4v) is 2.19. The van der Waals surface area contributed by atoms with Crippen LogP contribution < -0.4 is 10.9 Å². The number of nitrogens with zero attached hydrogens (tertiary/aromatic N) is 2. The van der Waals surface area contributed by atoms with E-state index in [2.05, 4.69) is 10.4 Å². The Labute approximate surface area is 108 Å². The summed E-state index contributed by atoms with van der Waals surface area (Å²) in [4.78, 5) is 23.4. The normalized spacial score (nSPS) is 10.3. The van der Waals surface area contributed by atoms with Crippen molar-refractivity contribution >= 4 is 17.2 Å². The van der Waals surface area contributed by atoms with Crippen molar-refractivity contribution in [2.45, 2.75) is 13.5 Å². The monoisotopic (exact) mass is 263 g/mol. The van der Waals surface area contributed by atoms with E-state index in [-0.39, 0.29) is 11.5 Å². The van der Waals surface area contributed by atoms with Crippen LogP contribution in [0.4, 0.5) is 0 Å². The van der Waals surface area contributed by atoms with Crippen molar-refractivity contribution in [3.63, 3.8) is 0 Å². The number of aromatic nitrogens is 2. The van der Waals surface area contributed by atoms with Gasteiger partial charge in [0.15, 0.2) is 0 Å². The van der Waals surface area contributed by atoms with Crippen LogP contribution >= 0.6 is 11.3 Å². The summed E-state index contributed by atoms with van der Waals surface area (Å²) >= 11 is 1.57. The van der Waals surface area contributed by atoms with Crippen molar-refractivity contribution in [3.05, 3.63) is 40.0 Å². The Bertz CT molecular complexity index is 590. The molecule has 0 fully saturated rings. The Kier molecular flexibility index (Phi) is 3.88. The molecule has 1 N–H and O–H groups in total. The number of thiophene rings is 1. The van der Waals surface area contributed by atoms with E-state index in [4.69, 9.17) is 0 Å². The first-order valence-electron chi connectivity index (χ1n) is 5.53. The van der Waals surface area contributed by atoms with E-state index in [1.807, 2.05) is 17.5 Å². The largest absolute Gasteiger partial charge is 0.354 e. The molecule has 0 atom stereocenters. The molecule has 0 aliphatic rings. The van der Waals surface area contributed by atoms with Gasteiger partial charge in [0.1, 0.15) is 5.69 Å². The van der Waals surface area contributed by atoms with Crippen LogP contribution in [0.15, 0.2) is 34.4 Å². The maximum atomic E-state index is 11.6. The van der Waals surface area contributed by atoms with Crippen LogP contribution in [0.5, 0.6) is 0 Å². The van der Waals surface area contributed by atoms with Crippen molar-refractivity contribution < 1.29 is 4.79 Å². The fourth-order valence-electron chi connectivity index (χ4n) is 1.50. The highest BCUT2D eigenvalue weighted by Gasteiger charge is 2.04. The van der Waals surface area contributed by atoms with Gasteiger partial charge < -0.3 is 5.32 Å². The van der Waals surface area contributed by atoms with Gasteiger partial charge in [-0.3, -0.25) is 9.59 Å². The second-order valence-corrected chi connectivity index (χ2v) is 4.69. The number of rotatable bonds is 4. The maximum absolute atomic E-state index is 11.6. The number of amides is 1. The van der Waals surface area contributed by atoms with E-state index in [1.165, 1.54) is 17.7 Å². The van der Waals surface area contributed by atoms with Gasteiger partial charge in [0.25, 0.3) is 5.56 Å². The highest BCUT2D eigenvalue weighted by Crippen LogP contribution is 2.20. The minimum absolute atomic E-state index is 0.113. The van der Waals surface area contributed by atoms with Gasteiger partial charge in [0, 0.05) is 19.5 Å². The first kappa shape index (κ1) is 12.5. The minimum atomic E-state index is -0.166. The molecule has 0 aliphatic heterocycles. The summed E-state index contributed by atoms with van der Waals surface area (Å²) < 4.78 is 1.37. The van der Waals surface area contributed by atoms with Crippen molar-refractivity contribution in [1.82, 2.24) is 15.1 Å². The number of hydrogen-bond acceptors (Lipinski definition) is 4. The summed E-state index contributed by atoms with van der Waals surface area (Å²) in [6.07, 6.45) is 0. The summed E-state index contributed by atoms with van der Waals surface area (Å²) in [6.45, 7) is 2.21. The SMILES string of the molecule is CC(=O)NCCn1nc(-c2cccs2)ccc1=O. The molecular weight excluding hydrogens is 250 g/mol. The minimum Gasteiger partial charge on any atom is -0.354 e. The van der Waals surface area contributed by atoms with Gasteiger partial charge >= 0.3 is 0 Å². The number of nitrogens with one attached hydrogen (secondary N) is 1. The van der Waals surface area contributed by atoms with Crippen LogP contribution in [0, 0.1) is 0 Å². The summed E-state index contributed by atoms with van der Waals surface area (Å²) in [7, 11) is 0. The zero-order valence-corrected chi connectivity index (χ0v) is 10.7. The highest BCUT2D eigenvalue weighted by molar-refractivity contribution is 7.13. The highest BCUT2D eigenvalue weighted by atomic mass is 32.1. The van der Waals surface area contributed by atoms with Crippen LogP contribution in [0.1, 0.15) is 6.92 Å². The van der Waals surface area contributed by atoms with Crippen LogP contribution in [-0.2, 0) is 11.3 Å². The van der Waals surface area contributed by atoms with Crippen molar-refractivity contribution in [2.24, 2.45) is 0 Å². The molecule has 5 nitrogen and oxygen atoms in total. The van der Waals surface area contributed by atoms with Gasteiger partial charge in [-0.2, -0.15) is 5.10 Å². The molecule has 0 saturated heterocycles. The zero-order chi connectivity index (χ0) is 13.0. The molecule has 0 aliphatic carbocycles. The number of hydrogen-bond donors (Lipinski definition) is 1. The van der Waals surface area contributed by atoms with Gasteiger partial charge in [-0.25, -0.2) is 4.68 Å². The van der Waals surface area contributed by atoms with Crippen molar-refractivity contribution in [3.8, 4) is 10.6 Å². The van der Waals surface area contributed by atoms with Gasteiger partial charge in [-0.15, -0.1) is 11.3 Å². The molecule has 0 radical (unpaired) electrons. The van der Waals surface area contributed by atoms with Crippen molar-refractivity contribution in [2.75, 3.05) is 6.54 Å². The average Bonchev–Trinajstić information content (AvgIpc) is 2.84. The first-order valence-corrected chi connectivity index (χ1v) is 6.41. The molecule has 0 spiro atoms. The smallest absolute Gasteiger partial charge is 0.266 e. The van der Waals surface area contributed by atoms with Crippen LogP contribution in [0.25, 0.3) is 10.6 Å². The molecule has 2 aromatic heterocycles. The Hall–Kier alpha value is -1.95. The third kappa shape index (κ3) is 3.04. The van der Waals surface area contributed by atoms with Gasteiger partial charge in [0.2, 0.25) is 5.91 Å². The quantitative estimate of drug-likeness (QED) is 0.898. The predicted molar refractivity (Wildman–Crippen MR) is 70.5 cm³/mol. The topological polar surface area (TPSA) is 64.0 Å². The summed E-state index contributed by atoms with van der Waals surface area (Å²) in [5.41, 5.74) is 0.605. The van der Waals surface area contributed by atoms with E-state index in [0.717, 1.165) is 10.6 Å². The lowest BCUT2D eigenvalue weighted by atomic mass is 10.3. The second kappa shape index (κ2) is 5.59. The van der Waals surface area contributed by atoms with E-state index < -0.39 is 0 Å². The first-order chi connectivity index (χ1) is 8.66. The molecule has 94 valence electrons. The molecule has 2 heterocycles. The van der Waals surface area contributed by atoms with Crippen LogP contribution in [0.3, 0.4) is 0 Å². The van der Waals surface area contributed by atoms with E-state index in [0.29, 0.717) is 13.1 Å². The van der Waals surface area contributed by atoms with Crippen molar-refractivity contribution in [1.29, 1.82) is 0 Å². The lowest BCUT2D eigenvalue weighted by Gasteiger charge is -2.06.